The third-order valence-corrected chi connectivity index (χ3v) is 3.75. The Morgan fingerprint density at radius 1 is 0.926 bits per heavy atom. The molecule has 0 radical (unpaired) electrons. The molecule has 3 N–H and O–H groups in total. The third kappa shape index (κ3) is 4.88. The average molecular weight is 365 g/mol. The molecule has 0 aliphatic rings. The van der Waals surface area contributed by atoms with Gasteiger partial charge < -0.3 is 14.8 Å². The zero-order valence-electron chi connectivity index (χ0n) is 14.7. The van der Waals surface area contributed by atoms with Crippen LogP contribution in [0.15, 0.2) is 66.7 Å². The van der Waals surface area contributed by atoms with Gasteiger partial charge in [-0.2, -0.15) is 0 Å². The minimum absolute atomic E-state index is 0.229. The van der Waals surface area contributed by atoms with E-state index in [1.165, 1.54) is 7.11 Å². The van der Waals surface area contributed by atoms with Crippen LogP contribution in [0.3, 0.4) is 0 Å². The van der Waals surface area contributed by atoms with E-state index in [1.54, 1.807) is 30.3 Å². The molecule has 3 aromatic rings. The topological polar surface area (TPSA) is 88.7 Å². The summed E-state index contributed by atoms with van der Waals surface area (Å²) in [5.74, 6) is 0.730. The average Bonchev–Trinajstić information content (AvgIpc) is 2.70. The molecule has 7 heteroatoms. The van der Waals surface area contributed by atoms with Crippen molar-refractivity contribution in [3.05, 3.63) is 66.7 Å². The summed E-state index contributed by atoms with van der Waals surface area (Å²) in [6.45, 7) is -0.229. The van der Waals surface area contributed by atoms with Crippen molar-refractivity contribution in [2.24, 2.45) is 0 Å². The van der Waals surface area contributed by atoms with E-state index in [0.717, 1.165) is 10.8 Å². The maximum Gasteiger partial charge on any atom is 0.337 e. The largest absolute Gasteiger partial charge is 0.497 e. The summed E-state index contributed by atoms with van der Waals surface area (Å²) in [6, 6.07) is 19.6. The Labute approximate surface area is 156 Å². The van der Waals surface area contributed by atoms with Gasteiger partial charge >= 0.3 is 6.03 Å². The lowest BCUT2D eigenvalue weighted by Crippen LogP contribution is -2.45. The minimum Gasteiger partial charge on any atom is -0.497 e. The van der Waals surface area contributed by atoms with E-state index in [0.29, 0.717) is 17.2 Å². The number of nitrogens with one attached hydrogen (secondary N) is 3. The van der Waals surface area contributed by atoms with Crippen LogP contribution in [0.4, 0.5) is 10.5 Å². The number of rotatable bonds is 5. The highest BCUT2D eigenvalue weighted by Crippen LogP contribution is 2.24. The molecule has 27 heavy (non-hydrogen) atoms. The third-order valence-electron chi connectivity index (χ3n) is 3.75. The molecular formula is C20H19N3O4. The first-order valence-corrected chi connectivity index (χ1v) is 8.26. The van der Waals surface area contributed by atoms with Gasteiger partial charge in [0.15, 0.2) is 6.61 Å². The van der Waals surface area contributed by atoms with E-state index < -0.39 is 11.9 Å². The molecule has 3 amide bonds. The van der Waals surface area contributed by atoms with Crippen molar-refractivity contribution in [3.8, 4) is 11.5 Å². The number of anilines is 1. The highest BCUT2D eigenvalue weighted by molar-refractivity contribution is 5.91. The summed E-state index contributed by atoms with van der Waals surface area (Å²) >= 11 is 0. The molecule has 0 aromatic heterocycles. The Bertz CT molecular complexity index is 953. The summed E-state index contributed by atoms with van der Waals surface area (Å²) in [5.41, 5.74) is 5.10. The highest BCUT2D eigenvalue weighted by atomic mass is 16.5. The number of benzene rings is 3. The molecule has 0 aliphatic heterocycles. The first-order chi connectivity index (χ1) is 13.2. The van der Waals surface area contributed by atoms with Crippen LogP contribution in [0.1, 0.15) is 0 Å². The zero-order valence-corrected chi connectivity index (χ0v) is 14.7. The van der Waals surface area contributed by atoms with Crippen LogP contribution < -0.4 is 25.6 Å². The molecule has 138 valence electrons. The zero-order chi connectivity index (χ0) is 19.1. The SMILES string of the molecule is COc1cccc(NC(=O)NNC(=O)COc2cccc3ccccc23)c1. The van der Waals surface area contributed by atoms with Gasteiger partial charge in [0.25, 0.3) is 5.91 Å². The fraction of sp³-hybridized carbons (Fsp3) is 0.100. The molecule has 0 unspecified atom stereocenters. The maximum atomic E-state index is 11.9. The summed E-state index contributed by atoms with van der Waals surface area (Å²) in [7, 11) is 1.54. The number of carbonyl (C=O) groups excluding carboxylic acids is 2. The molecule has 0 fully saturated rings. The van der Waals surface area contributed by atoms with Crippen molar-refractivity contribution in [2.75, 3.05) is 19.0 Å². The van der Waals surface area contributed by atoms with Crippen molar-refractivity contribution < 1.29 is 19.1 Å². The smallest absolute Gasteiger partial charge is 0.337 e. The number of amides is 3. The number of urea groups is 1. The maximum absolute atomic E-state index is 11.9. The lowest BCUT2D eigenvalue weighted by atomic mass is 10.1. The Hall–Kier alpha value is -3.74. The number of ether oxygens (including phenoxy) is 2. The summed E-state index contributed by atoms with van der Waals surface area (Å²) in [6.07, 6.45) is 0. The van der Waals surface area contributed by atoms with Gasteiger partial charge in [-0.1, -0.05) is 42.5 Å². The quantitative estimate of drug-likeness (QED) is 0.606. The van der Waals surface area contributed by atoms with Crippen molar-refractivity contribution in [2.45, 2.75) is 0 Å². The summed E-state index contributed by atoms with van der Waals surface area (Å²) in [4.78, 5) is 23.8. The Balaban J connectivity index is 1.48. The Kier molecular flexibility index (Phi) is 5.73. The van der Waals surface area contributed by atoms with E-state index in [1.807, 2.05) is 36.4 Å². The fourth-order valence-electron chi connectivity index (χ4n) is 2.49. The Morgan fingerprint density at radius 3 is 2.56 bits per heavy atom. The predicted molar refractivity (Wildman–Crippen MR) is 103 cm³/mol. The van der Waals surface area contributed by atoms with Crippen LogP contribution in [0.2, 0.25) is 0 Å². The molecular weight excluding hydrogens is 346 g/mol. The second-order valence-electron chi connectivity index (χ2n) is 5.63. The number of hydrazine groups is 1. The standard InChI is InChI=1S/C20H19N3O4/c1-26-16-9-5-8-15(12-16)21-20(25)23-22-19(24)13-27-18-11-4-7-14-6-2-3-10-17(14)18/h2-12H,13H2,1H3,(H,22,24)(H2,21,23,25). The van der Waals surface area contributed by atoms with Crippen LogP contribution in [0.25, 0.3) is 10.8 Å². The van der Waals surface area contributed by atoms with E-state index in [9.17, 15) is 9.59 Å². The van der Waals surface area contributed by atoms with Gasteiger partial charge in [-0.3, -0.25) is 10.2 Å². The van der Waals surface area contributed by atoms with Crippen molar-refractivity contribution in [1.29, 1.82) is 0 Å². The van der Waals surface area contributed by atoms with Gasteiger partial charge in [-0.15, -0.1) is 0 Å². The van der Waals surface area contributed by atoms with E-state index in [2.05, 4.69) is 16.2 Å². The lowest BCUT2D eigenvalue weighted by Gasteiger charge is -2.11. The van der Waals surface area contributed by atoms with Crippen LogP contribution in [0, 0.1) is 0 Å². The predicted octanol–water partition coefficient (Wildman–Crippen LogP) is 3.08. The van der Waals surface area contributed by atoms with E-state index in [4.69, 9.17) is 9.47 Å². The van der Waals surface area contributed by atoms with Gasteiger partial charge in [-0.25, -0.2) is 10.2 Å². The number of carbonyl (C=O) groups is 2. The molecule has 3 aromatic carbocycles. The molecule has 3 rings (SSSR count). The molecule has 0 aliphatic carbocycles. The van der Waals surface area contributed by atoms with Crippen LogP contribution in [-0.4, -0.2) is 25.7 Å². The number of hydrogen-bond acceptors (Lipinski definition) is 4. The van der Waals surface area contributed by atoms with Gasteiger partial charge in [0.2, 0.25) is 0 Å². The summed E-state index contributed by atoms with van der Waals surface area (Å²) in [5, 5.41) is 4.52. The second-order valence-corrected chi connectivity index (χ2v) is 5.63. The number of methoxy groups -OCH3 is 1. The molecule has 0 bridgehead atoms. The van der Waals surface area contributed by atoms with Gasteiger partial charge in [0.1, 0.15) is 11.5 Å². The normalized spacial score (nSPS) is 10.1. The lowest BCUT2D eigenvalue weighted by molar-refractivity contribution is -0.123. The Morgan fingerprint density at radius 2 is 1.70 bits per heavy atom. The molecule has 0 heterocycles. The first-order valence-electron chi connectivity index (χ1n) is 8.26. The molecule has 0 saturated carbocycles. The molecule has 0 atom stereocenters. The van der Waals surface area contributed by atoms with Crippen LogP contribution in [0.5, 0.6) is 11.5 Å². The van der Waals surface area contributed by atoms with Gasteiger partial charge in [0.05, 0.1) is 7.11 Å². The number of hydrogen-bond donors (Lipinski definition) is 3. The minimum atomic E-state index is -0.582. The molecule has 0 saturated heterocycles. The monoisotopic (exact) mass is 365 g/mol. The van der Waals surface area contributed by atoms with E-state index >= 15 is 0 Å². The first kappa shape index (κ1) is 18.1. The molecule has 0 spiro atoms. The van der Waals surface area contributed by atoms with Crippen LogP contribution >= 0.6 is 0 Å². The molecule has 7 nitrogen and oxygen atoms in total. The second kappa shape index (κ2) is 8.57. The van der Waals surface area contributed by atoms with E-state index in [-0.39, 0.29) is 6.61 Å². The van der Waals surface area contributed by atoms with Crippen LogP contribution in [-0.2, 0) is 4.79 Å². The van der Waals surface area contributed by atoms with Crippen molar-refractivity contribution >= 4 is 28.4 Å². The summed E-state index contributed by atoms with van der Waals surface area (Å²) < 4.78 is 10.6. The van der Waals surface area contributed by atoms with Crippen molar-refractivity contribution in [3.63, 3.8) is 0 Å². The highest BCUT2D eigenvalue weighted by Gasteiger charge is 2.08. The van der Waals surface area contributed by atoms with Gasteiger partial charge in [-0.05, 0) is 23.6 Å². The van der Waals surface area contributed by atoms with Gasteiger partial charge in [0, 0.05) is 17.1 Å². The van der Waals surface area contributed by atoms with Crippen molar-refractivity contribution in [1.82, 2.24) is 10.9 Å². The number of fused-ring (bicyclic) bond motifs is 1. The fourth-order valence-corrected chi connectivity index (χ4v) is 2.49.